The van der Waals surface area contributed by atoms with Crippen molar-refractivity contribution in [3.8, 4) is 22.8 Å². The number of ether oxygens (including phenoxy) is 2. The van der Waals surface area contributed by atoms with Gasteiger partial charge in [-0.25, -0.2) is 5.43 Å². The van der Waals surface area contributed by atoms with E-state index in [-0.39, 0.29) is 5.91 Å². The lowest BCUT2D eigenvalue weighted by Crippen LogP contribution is -2.17. The maximum atomic E-state index is 12.4. The minimum atomic E-state index is -0.373. The molecule has 1 amide bonds. The van der Waals surface area contributed by atoms with E-state index in [4.69, 9.17) is 9.47 Å². The van der Waals surface area contributed by atoms with E-state index in [1.807, 2.05) is 48.5 Å². The van der Waals surface area contributed by atoms with Gasteiger partial charge in [0.05, 0.1) is 18.5 Å². The van der Waals surface area contributed by atoms with Crippen LogP contribution in [0.3, 0.4) is 0 Å². The molecule has 7 nitrogen and oxygen atoms in total. The Bertz CT molecular complexity index is 1280. The van der Waals surface area contributed by atoms with Crippen LogP contribution in [0, 0.1) is 6.92 Å². The zero-order chi connectivity index (χ0) is 25.2. The van der Waals surface area contributed by atoms with Crippen LogP contribution in [-0.2, 0) is 6.61 Å². The van der Waals surface area contributed by atoms with Gasteiger partial charge in [0.1, 0.15) is 23.8 Å². The van der Waals surface area contributed by atoms with Gasteiger partial charge in [0.2, 0.25) is 0 Å². The molecule has 0 spiro atoms. The lowest BCUT2D eigenvalue weighted by Gasteiger charge is -2.07. The van der Waals surface area contributed by atoms with Crippen molar-refractivity contribution in [2.24, 2.45) is 5.10 Å². The summed E-state index contributed by atoms with van der Waals surface area (Å²) in [6.45, 7) is 5.40. The molecule has 0 aliphatic rings. The summed E-state index contributed by atoms with van der Waals surface area (Å²) >= 11 is 0. The zero-order valence-corrected chi connectivity index (χ0v) is 20.5. The number of aromatic amines is 1. The molecule has 0 aliphatic heterocycles. The molecule has 0 aliphatic carbocycles. The highest BCUT2D eigenvalue weighted by atomic mass is 16.5. The van der Waals surface area contributed by atoms with Crippen molar-refractivity contribution in [3.63, 3.8) is 0 Å². The van der Waals surface area contributed by atoms with Crippen molar-refractivity contribution in [3.05, 3.63) is 101 Å². The van der Waals surface area contributed by atoms with Gasteiger partial charge in [0.25, 0.3) is 5.91 Å². The molecular weight excluding hydrogens is 452 g/mol. The molecule has 0 radical (unpaired) electrons. The van der Waals surface area contributed by atoms with Gasteiger partial charge in [-0.05, 0) is 79.1 Å². The van der Waals surface area contributed by atoms with Gasteiger partial charge in [0.15, 0.2) is 0 Å². The Labute approximate surface area is 211 Å². The van der Waals surface area contributed by atoms with Crippen LogP contribution in [0.4, 0.5) is 0 Å². The average molecular weight is 483 g/mol. The summed E-state index contributed by atoms with van der Waals surface area (Å²) in [6.07, 6.45) is 3.71. The number of nitrogens with one attached hydrogen (secondary N) is 2. The quantitative estimate of drug-likeness (QED) is 0.158. The van der Waals surface area contributed by atoms with E-state index in [0.29, 0.717) is 24.6 Å². The lowest BCUT2D eigenvalue weighted by molar-refractivity contribution is 0.0950. The summed E-state index contributed by atoms with van der Waals surface area (Å²) in [7, 11) is 0. The van der Waals surface area contributed by atoms with Crippen molar-refractivity contribution >= 4 is 12.1 Å². The van der Waals surface area contributed by atoms with Crippen molar-refractivity contribution in [2.75, 3.05) is 6.61 Å². The largest absolute Gasteiger partial charge is 0.494 e. The third-order valence-electron chi connectivity index (χ3n) is 5.53. The van der Waals surface area contributed by atoms with Crippen LogP contribution >= 0.6 is 0 Å². The monoisotopic (exact) mass is 482 g/mol. The van der Waals surface area contributed by atoms with Crippen LogP contribution < -0.4 is 14.9 Å². The van der Waals surface area contributed by atoms with Gasteiger partial charge in [-0.1, -0.05) is 43.2 Å². The first-order valence-corrected chi connectivity index (χ1v) is 12.0. The summed E-state index contributed by atoms with van der Waals surface area (Å²) < 4.78 is 11.5. The number of benzene rings is 3. The Hall–Kier alpha value is -4.39. The number of nitrogens with zero attached hydrogens (tertiary/aromatic N) is 2. The van der Waals surface area contributed by atoms with E-state index in [2.05, 4.69) is 58.8 Å². The molecule has 3 aromatic carbocycles. The number of amides is 1. The molecule has 0 unspecified atom stereocenters. The first kappa shape index (κ1) is 24.7. The molecule has 0 bridgehead atoms. The minimum Gasteiger partial charge on any atom is -0.494 e. The topological polar surface area (TPSA) is 88.6 Å². The molecule has 0 fully saturated rings. The predicted molar refractivity (Wildman–Crippen MR) is 141 cm³/mol. The van der Waals surface area contributed by atoms with Gasteiger partial charge in [-0.15, -0.1) is 0 Å². The summed E-state index contributed by atoms with van der Waals surface area (Å²) in [5.41, 5.74) is 7.57. The van der Waals surface area contributed by atoms with Crippen molar-refractivity contribution in [1.82, 2.24) is 15.6 Å². The number of aromatic nitrogens is 2. The lowest BCUT2D eigenvalue weighted by atomic mass is 10.1. The molecule has 2 N–H and O–H groups in total. The van der Waals surface area contributed by atoms with E-state index in [0.717, 1.165) is 41.0 Å². The molecular formula is C29H30N4O3. The number of rotatable bonds is 11. The Kier molecular flexibility index (Phi) is 8.48. The minimum absolute atomic E-state index is 0.321. The highest BCUT2D eigenvalue weighted by Gasteiger charge is 2.10. The van der Waals surface area contributed by atoms with Crippen molar-refractivity contribution < 1.29 is 14.3 Å². The molecule has 1 heterocycles. The molecule has 4 rings (SSSR count). The van der Waals surface area contributed by atoms with E-state index < -0.39 is 0 Å². The molecule has 0 saturated carbocycles. The molecule has 7 heteroatoms. The van der Waals surface area contributed by atoms with E-state index in [1.165, 1.54) is 5.56 Å². The van der Waals surface area contributed by atoms with Crippen LogP contribution in [0.2, 0.25) is 0 Å². The molecule has 184 valence electrons. The SMILES string of the molecule is CCCCOc1ccc(/C=N/NC(=O)c2cc(-c3ccc(OCc4ccc(C)cc4)cc3)n[nH]2)cc1. The van der Waals surface area contributed by atoms with Crippen LogP contribution in [0.15, 0.2) is 84.0 Å². The number of H-pyrrole nitrogens is 1. The number of hydrogen-bond donors (Lipinski definition) is 2. The van der Waals surface area contributed by atoms with Gasteiger partial charge in [0, 0.05) is 5.56 Å². The maximum Gasteiger partial charge on any atom is 0.289 e. The van der Waals surface area contributed by atoms with Gasteiger partial charge in [-0.3, -0.25) is 9.89 Å². The first-order valence-electron chi connectivity index (χ1n) is 12.0. The Morgan fingerprint density at radius 3 is 2.39 bits per heavy atom. The Morgan fingerprint density at radius 1 is 0.972 bits per heavy atom. The molecule has 1 aromatic heterocycles. The standard InChI is InChI=1S/C29H30N4O3/c1-3-4-17-35-25-13-9-22(10-14-25)19-30-33-29(34)28-18-27(31-32-28)24-11-15-26(16-12-24)36-20-23-7-5-21(2)6-8-23/h5-16,18-19H,3-4,17,20H2,1-2H3,(H,31,32)(H,33,34)/b30-19+. The second kappa shape index (κ2) is 12.4. The van der Waals surface area contributed by atoms with Crippen LogP contribution in [0.25, 0.3) is 11.3 Å². The third-order valence-corrected chi connectivity index (χ3v) is 5.53. The highest BCUT2D eigenvalue weighted by molar-refractivity contribution is 5.94. The van der Waals surface area contributed by atoms with Gasteiger partial charge >= 0.3 is 0 Å². The predicted octanol–water partition coefficient (Wildman–Crippen LogP) is 5.91. The first-order chi connectivity index (χ1) is 17.6. The average Bonchev–Trinajstić information content (AvgIpc) is 3.40. The van der Waals surface area contributed by atoms with Gasteiger partial charge < -0.3 is 9.47 Å². The summed E-state index contributed by atoms with van der Waals surface area (Å²) in [6, 6.07) is 25.1. The van der Waals surface area contributed by atoms with Crippen LogP contribution in [0.1, 0.15) is 46.9 Å². The smallest absolute Gasteiger partial charge is 0.289 e. The van der Waals surface area contributed by atoms with Crippen LogP contribution in [-0.4, -0.2) is 28.9 Å². The number of hydrazone groups is 1. The number of carbonyl (C=O) groups is 1. The number of aryl methyl sites for hydroxylation is 1. The number of hydrogen-bond acceptors (Lipinski definition) is 5. The summed E-state index contributed by atoms with van der Waals surface area (Å²) in [5.74, 6) is 1.21. The fourth-order valence-electron chi connectivity index (χ4n) is 3.37. The fraction of sp³-hybridized carbons (Fsp3) is 0.207. The maximum absolute atomic E-state index is 12.4. The summed E-state index contributed by atoms with van der Waals surface area (Å²) in [5, 5.41) is 11.1. The summed E-state index contributed by atoms with van der Waals surface area (Å²) in [4.78, 5) is 12.4. The fourth-order valence-corrected chi connectivity index (χ4v) is 3.37. The van der Waals surface area contributed by atoms with Crippen LogP contribution in [0.5, 0.6) is 11.5 Å². The van der Waals surface area contributed by atoms with Crippen molar-refractivity contribution in [2.45, 2.75) is 33.3 Å². The second-order valence-electron chi connectivity index (χ2n) is 8.44. The zero-order valence-electron chi connectivity index (χ0n) is 20.5. The van der Waals surface area contributed by atoms with Gasteiger partial charge in [-0.2, -0.15) is 10.2 Å². The molecule has 0 atom stereocenters. The Morgan fingerprint density at radius 2 is 1.67 bits per heavy atom. The normalized spacial score (nSPS) is 10.9. The van der Waals surface area contributed by atoms with E-state index in [9.17, 15) is 4.79 Å². The van der Waals surface area contributed by atoms with E-state index >= 15 is 0 Å². The second-order valence-corrected chi connectivity index (χ2v) is 8.44. The molecule has 4 aromatic rings. The van der Waals surface area contributed by atoms with E-state index in [1.54, 1.807) is 12.3 Å². The highest BCUT2D eigenvalue weighted by Crippen LogP contribution is 2.22. The Balaban J connectivity index is 1.27. The number of carbonyl (C=O) groups excluding carboxylic acids is 1. The third kappa shape index (κ3) is 7.06. The number of unbranched alkanes of at least 4 members (excludes halogenated alkanes) is 1. The van der Waals surface area contributed by atoms with Crippen molar-refractivity contribution in [1.29, 1.82) is 0 Å². The molecule has 36 heavy (non-hydrogen) atoms. The molecule has 0 saturated heterocycles.